The molecule has 0 aromatic heterocycles. The molecule has 1 saturated heterocycles. The highest BCUT2D eigenvalue weighted by molar-refractivity contribution is 5.45. The number of rotatable bonds is 9. The van der Waals surface area contributed by atoms with Crippen molar-refractivity contribution in [3.05, 3.63) is 29.3 Å². The summed E-state index contributed by atoms with van der Waals surface area (Å²) in [7, 11) is 1.79. The molecule has 1 aromatic rings. The van der Waals surface area contributed by atoms with Crippen molar-refractivity contribution in [2.24, 2.45) is 11.8 Å². The molecular weight excluding hydrogens is 334 g/mol. The van der Waals surface area contributed by atoms with Crippen LogP contribution in [0.2, 0.25) is 0 Å². The number of benzene rings is 1. The smallest absolute Gasteiger partial charge is 0.119 e. The summed E-state index contributed by atoms with van der Waals surface area (Å²) in [6.07, 6.45) is 8.88. The number of likely N-dealkylation sites (tertiary alicyclic amines) is 1. The molecule has 2 bridgehead atoms. The second-order valence-corrected chi connectivity index (χ2v) is 9.14. The molecule has 1 heterocycles. The van der Waals surface area contributed by atoms with Crippen LogP contribution in [0.4, 0.5) is 0 Å². The summed E-state index contributed by atoms with van der Waals surface area (Å²) >= 11 is 0. The lowest BCUT2D eigenvalue weighted by Gasteiger charge is -2.56. The fourth-order valence-corrected chi connectivity index (χ4v) is 5.61. The Kier molecular flexibility index (Phi) is 5.80. The fraction of sp³-hybridized carbons (Fsp3) is 0.750. The average Bonchev–Trinajstić information content (AvgIpc) is 3.49. The molecule has 3 nitrogen and oxygen atoms in total. The molecular formula is C24H37NO2. The number of methoxy groups -OCH3 is 1. The van der Waals surface area contributed by atoms with Crippen LogP contribution in [0.15, 0.2) is 18.2 Å². The molecule has 0 amide bonds. The highest BCUT2D eigenvalue weighted by atomic mass is 16.5. The molecule has 0 unspecified atom stereocenters. The number of hydrogen-bond donors (Lipinski definition) is 0. The third-order valence-electron chi connectivity index (χ3n) is 7.57. The average molecular weight is 372 g/mol. The summed E-state index contributed by atoms with van der Waals surface area (Å²) in [5.74, 6) is 2.66. The van der Waals surface area contributed by atoms with Crippen LogP contribution in [0.3, 0.4) is 0 Å². The lowest BCUT2D eigenvalue weighted by molar-refractivity contribution is -0.000392. The van der Waals surface area contributed by atoms with Gasteiger partial charge in [0.1, 0.15) is 5.75 Å². The molecule has 3 heteroatoms. The number of hydrogen-bond acceptors (Lipinski definition) is 3. The summed E-state index contributed by atoms with van der Waals surface area (Å²) in [5.41, 5.74) is 3.35. The Balaban J connectivity index is 1.59. The number of unbranched alkanes of at least 4 members (excludes halogenated alkanes) is 1. The Morgan fingerprint density at radius 3 is 2.81 bits per heavy atom. The van der Waals surface area contributed by atoms with Gasteiger partial charge in [-0.25, -0.2) is 0 Å². The van der Waals surface area contributed by atoms with Crippen LogP contribution in [0.1, 0.15) is 63.5 Å². The number of piperidine rings is 1. The van der Waals surface area contributed by atoms with E-state index < -0.39 is 0 Å². The van der Waals surface area contributed by atoms with Crippen LogP contribution in [-0.4, -0.2) is 44.4 Å². The van der Waals surface area contributed by atoms with E-state index in [0.29, 0.717) is 12.0 Å². The number of fused-ring (bicyclic) bond motifs is 4. The first-order valence-corrected chi connectivity index (χ1v) is 11.2. The van der Waals surface area contributed by atoms with Crippen LogP contribution in [0.25, 0.3) is 0 Å². The van der Waals surface area contributed by atoms with Gasteiger partial charge in [0.15, 0.2) is 0 Å². The molecule has 0 spiro atoms. The maximum Gasteiger partial charge on any atom is 0.119 e. The van der Waals surface area contributed by atoms with E-state index in [1.165, 1.54) is 51.6 Å². The van der Waals surface area contributed by atoms with Crippen molar-refractivity contribution in [1.29, 1.82) is 0 Å². The third-order valence-corrected chi connectivity index (χ3v) is 7.57. The van der Waals surface area contributed by atoms with Crippen molar-refractivity contribution < 1.29 is 9.47 Å². The van der Waals surface area contributed by atoms with Crippen molar-refractivity contribution >= 4 is 0 Å². The van der Waals surface area contributed by atoms with Gasteiger partial charge in [-0.3, -0.25) is 4.90 Å². The highest BCUT2D eigenvalue weighted by Crippen LogP contribution is 2.52. The molecule has 3 atom stereocenters. The number of ether oxygens (including phenoxy) is 2. The predicted molar refractivity (Wildman–Crippen MR) is 111 cm³/mol. The second-order valence-electron chi connectivity index (χ2n) is 9.14. The topological polar surface area (TPSA) is 21.7 Å². The largest absolute Gasteiger partial charge is 0.497 e. The van der Waals surface area contributed by atoms with E-state index in [2.05, 4.69) is 36.9 Å². The Labute approximate surface area is 165 Å². The van der Waals surface area contributed by atoms with Crippen molar-refractivity contribution in [3.63, 3.8) is 0 Å². The van der Waals surface area contributed by atoms with Gasteiger partial charge in [0.2, 0.25) is 0 Å². The van der Waals surface area contributed by atoms with E-state index in [9.17, 15) is 0 Å². The summed E-state index contributed by atoms with van der Waals surface area (Å²) in [5, 5.41) is 0. The monoisotopic (exact) mass is 371 g/mol. The van der Waals surface area contributed by atoms with Gasteiger partial charge in [-0.15, -0.1) is 0 Å². The highest BCUT2D eigenvalue weighted by Gasteiger charge is 2.51. The SMILES string of the molecule is CCCCOCC[C@@]12CCN(CC3CC3)[C@H](Cc3ccc(OC)cc31)[C@@H]2C. The summed E-state index contributed by atoms with van der Waals surface area (Å²) in [4.78, 5) is 2.83. The maximum absolute atomic E-state index is 6.04. The predicted octanol–water partition coefficient (Wildman–Crippen LogP) is 4.82. The van der Waals surface area contributed by atoms with Crippen LogP contribution < -0.4 is 4.74 Å². The molecule has 1 aromatic carbocycles. The van der Waals surface area contributed by atoms with Gasteiger partial charge in [-0.05, 0) is 80.2 Å². The van der Waals surface area contributed by atoms with Gasteiger partial charge in [0.25, 0.3) is 0 Å². The molecule has 0 N–H and O–H groups in total. The van der Waals surface area contributed by atoms with E-state index in [0.717, 1.165) is 31.3 Å². The molecule has 27 heavy (non-hydrogen) atoms. The molecule has 0 radical (unpaired) electrons. The van der Waals surface area contributed by atoms with E-state index in [-0.39, 0.29) is 5.41 Å². The van der Waals surface area contributed by atoms with Crippen LogP contribution in [0, 0.1) is 11.8 Å². The van der Waals surface area contributed by atoms with Gasteiger partial charge in [0.05, 0.1) is 7.11 Å². The number of nitrogens with zero attached hydrogens (tertiary/aromatic N) is 1. The van der Waals surface area contributed by atoms with Crippen molar-refractivity contribution in [2.45, 2.75) is 70.3 Å². The van der Waals surface area contributed by atoms with E-state index >= 15 is 0 Å². The molecule has 1 aliphatic heterocycles. The fourth-order valence-electron chi connectivity index (χ4n) is 5.61. The van der Waals surface area contributed by atoms with Gasteiger partial charge in [-0.1, -0.05) is 26.3 Å². The molecule has 1 saturated carbocycles. The van der Waals surface area contributed by atoms with E-state index in [1.807, 2.05) is 0 Å². The second kappa shape index (κ2) is 8.13. The van der Waals surface area contributed by atoms with Crippen molar-refractivity contribution in [2.75, 3.05) is 33.4 Å². The Hall–Kier alpha value is -1.06. The van der Waals surface area contributed by atoms with Crippen LogP contribution in [0.5, 0.6) is 5.75 Å². The maximum atomic E-state index is 6.04. The van der Waals surface area contributed by atoms with Gasteiger partial charge < -0.3 is 9.47 Å². The molecule has 4 rings (SSSR count). The van der Waals surface area contributed by atoms with Crippen molar-refractivity contribution in [1.82, 2.24) is 4.90 Å². The van der Waals surface area contributed by atoms with Gasteiger partial charge >= 0.3 is 0 Å². The Morgan fingerprint density at radius 2 is 2.07 bits per heavy atom. The normalized spacial score (nSPS) is 30.2. The minimum absolute atomic E-state index is 0.249. The lowest BCUT2D eigenvalue weighted by atomic mass is 9.56. The molecule has 150 valence electrons. The van der Waals surface area contributed by atoms with E-state index in [1.54, 1.807) is 18.2 Å². The Bertz CT molecular complexity index is 641. The van der Waals surface area contributed by atoms with Gasteiger partial charge in [0, 0.05) is 31.2 Å². The Morgan fingerprint density at radius 1 is 1.22 bits per heavy atom. The first-order valence-electron chi connectivity index (χ1n) is 11.2. The minimum Gasteiger partial charge on any atom is -0.497 e. The zero-order valence-electron chi connectivity index (χ0n) is 17.5. The third kappa shape index (κ3) is 3.78. The van der Waals surface area contributed by atoms with Crippen LogP contribution >= 0.6 is 0 Å². The van der Waals surface area contributed by atoms with Gasteiger partial charge in [-0.2, -0.15) is 0 Å². The van der Waals surface area contributed by atoms with Crippen molar-refractivity contribution in [3.8, 4) is 5.75 Å². The minimum atomic E-state index is 0.249. The molecule has 2 fully saturated rings. The summed E-state index contributed by atoms with van der Waals surface area (Å²) in [6.45, 7) is 9.10. The van der Waals surface area contributed by atoms with E-state index in [4.69, 9.17) is 9.47 Å². The zero-order valence-corrected chi connectivity index (χ0v) is 17.5. The molecule has 3 aliphatic rings. The lowest BCUT2D eigenvalue weighted by Crippen LogP contribution is -2.59. The summed E-state index contributed by atoms with van der Waals surface area (Å²) in [6, 6.07) is 7.52. The standard InChI is InChI=1S/C24H37NO2/c1-4-5-13-27-14-11-24-10-12-25(17-19-6-7-19)23(18(24)2)15-20-8-9-21(26-3)16-22(20)24/h8-9,16,18-19,23H,4-7,10-15,17H2,1-3H3/t18-,23+,24+/m0/s1. The van der Waals surface area contributed by atoms with Crippen LogP contribution in [-0.2, 0) is 16.6 Å². The zero-order chi connectivity index (χ0) is 18.9. The quantitative estimate of drug-likeness (QED) is 0.581. The first-order chi connectivity index (χ1) is 13.2. The summed E-state index contributed by atoms with van der Waals surface area (Å²) < 4.78 is 11.6. The molecule has 2 aliphatic carbocycles. The first kappa shape index (κ1) is 19.3.